The fourth-order valence-electron chi connectivity index (χ4n) is 3.23. The van der Waals surface area contributed by atoms with Gasteiger partial charge in [-0.1, -0.05) is 5.21 Å². The number of nitrogens with one attached hydrogen (secondary N) is 2. The molecule has 11 heteroatoms. The summed E-state index contributed by atoms with van der Waals surface area (Å²) >= 11 is 0. The molecule has 2 N–H and O–H groups in total. The number of hydrogen-bond donors (Lipinski definition) is 2. The van der Waals surface area contributed by atoms with E-state index in [2.05, 4.69) is 20.9 Å². The van der Waals surface area contributed by atoms with Crippen LogP contribution in [0.3, 0.4) is 0 Å². The minimum atomic E-state index is -0.801. The van der Waals surface area contributed by atoms with Crippen molar-refractivity contribution >= 4 is 29.9 Å². The first-order chi connectivity index (χ1) is 13.3. The maximum Gasteiger partial charge on any atom is 0.276 e. The highest BCUT2D eigenvalue weighted by Gasteiger charge is 2.25. The molecule has 2 aromatic rings. The molecular formula is C18H23ClF2N6O2. The Morgan fingerprint density at radius 2 is 1.86 bits per heavy atom. The van der Waals surface area contributed by atoms with Crippen molar-refractivity contribution in [3.8, 4) is 0 Å². The highest BCUT2D eigenvalue weighted by molar-refractivity contribution is 5.98. The van der Waals surface area contributed by atoms with Crippen molar-refractivity contribution < 1.29 is 18.4 Å². The van der Waals surface area contributed by atoms with Crippen molar-refractivity contribution in [3.05, 3.63) is 41.2 Å². The van der Waals surface area contributed by atoms with Crippen LogP contribution in [0, 0.1) is 18.6 Å². The van der Waals surface area contributed by atoms with E-state index in [0.717, 1.165) is 38.1 Å². The second kappa shape index (κ2) is 9.75. The first kappa shape index (κ1) is 22.7. The number of piperidine rings is 1. The van der Waals surface area contributed by atoms with Gasteiger partial charge < -0.3 is 15.5 Å². The molecule has 29 heavy (non-hydrogen) atoms. The second-order valence-corrected chi connectivity index (χ2v) is 6.82. The molecule has 8 nitrogen and oxygen atoms in total. The number of anilines is 1. The number of halogens is 3. The van der Waals surface area contributed by atoms with Crippen molar-refractivity contribution in [1.82, 2.24) is 25.2 Å². The van der Waals surface area contributed by atoms with Crippen molar-refractivity contribution in [3.63, 3.8) is 0 Å². The third-order valence-corrected chi connectivity index (χ3v) is 4.66. The van der Waals surface area contributed by atoms with E-state index in [0.29, 0.717) is 11.8 Å². The summed E-state index contributed by atoms with van der Waals surface area (Å²) in [6.07, 6.45) is 1.81. The zero-order valence-corrected chi connectivity index (χ0v) is 16.9. The lowest BCUT2D eigenvalue weighted by molar-refractivity contribution is -0.116. The summed E-state index contributed by atoms with van der Waals surface area (Å²) in [6, 6.07) is 2.89. The van der Waals surface area contributed by atoms with Crippen LogP contribution < -0.4 is 10.6 Å². The number of benzene rings is 1. The lowest BCUT2D eigenvalue weighted by Gasteiger charge is -2.23. The fourth-order valence-corrected chi connectivity index (χ4v) is 3.23. The summed E-state index contributed by atoms with van der Waals surface area (Å²) in [5.74, 6) is -2.63. The van der Waals surface area contributed by atoms with E-state index in [4.69, 9.17) is 0 Å². The predicted molar refractivity (Wildman–Crippen MR) is 105 cm³/mol. The van der Waals surface area contributed by atoms with Crippen LogP contribution in [-0.4, -0.2) is 58.4 Å². The standard InChI is InChI=1S/C18H22F2N6O2.ClH/c1-11-17(23-24-26(11)15-3-5-21-6-4-15)18(28)25(2)10-16(27)22-14-8-12(19)7-13(20)9-14;/h7-9,15,21H,3-6,10H2,1-2H3,(H,22,27);1H. The summed E-state index contributed by atoms with van der Waals surface area (Å²) < 4.78 is 28.2. The van der Waals surface area contributed by atoms with E-state index in [9.17, 15) is 18.4 Å². The number of amides is 2. The Kier molecular flexibility index (Phi) is 7.63. The maximum atomic E-state index is 13.2. The van der Waals surface area contributed by atoms with Crippen molar-refractivity contribution in [2.45, 2.75) is 25.8 Å². The van der Waals surface area contributed by atoms with Crippen LogP contribution in [0.2, 0.25) is 0 Å². The van der Waals surface area contributed by atoms with Crippen LogP contribution in [0.1, 0.15) is 35.1 Å². The summed E-state index contributed by atoms with van der Waals surface area (Å²) in [7, 11) is 1.46. The normalized spacial score (nSPS) is 14.2. The van der Waals surface area contributed by atoms with Gasteiger partial charge >= 0.3 is 0 Å². The van der Waals surface area contributed by atoms with Gasteiger partial charge in [-0.2, -0.15) is 0 Å². The molecule has 0 bridgehead atoms. The lowest BCUT2D eigenvalue weighted by Crippen LogP contribution is -2.35. The van der Waals surface area contributed by atoms with Crippen LogP contribution in [0.25, 0.3) is 0 Å². The number of carbonyl (C=O) groups is 2. The molecule has 0 radical (unpaired) electrons. The van der Waals surface area contributed by atoms with Gasteiger partial charge in [-0.3, -0.25) is 9.59 Å². The van der Waals surface area contributed by atoms with Gasteiger partial charge in [0.05, 0.1) is 18.3 Å². The van der Waals surface area contributed by atoms with Crippen LogP contribution in [-0.2, 0) is 4.79 Å². The molecular weight excluding hydrogens is 406 g/mol. The highest BCUT2D eigenvalue weighted by atomic mass is 35.5. The van der Waals surface area contributed by atoms with E-state index < -0.39 is 23.4 Å². The molecule has 0 unspecified atom stereocenters. The molecule has 2 amide bonds. The van der Waals surface area contributed by atoms with Gasteiger partial charge in [-0.15, -0.1) is 17.5 Å². The van der Waals surface area contributed by atoms with E-state index in [1.807, 2.05) is 0 Å². The van der Waals surface area contributed by atoms with E-state index in [1.165, 1.54) is 11.9 Å². The molecule has 0 atom stereocenters. The van der Waals surface area contributed by atoms with Gasteiger partial charge in [0, 0.05) is 18.8 Å². The minimum absolute atomic E-state index is 0. The molecule has 1 aliphatic rings. The summed E-state index contributed by atoms with van der Waals surface area (Å²) in [5.41, 5.74) is 0.818. The Morgan fingerprint density at radius 3 is 2.48 bits per heavy atom. The van der Waals surface area contributed by atoms with Gasteiger partial charge in [0.2, 0.25) is 5.91 Å². The second-order valence-electron chi connectivity index (χ2n) is 6.82. The molecule has 1 saturated heterocycles. The van der Waals surface area contributed by atoms with Crippen LogP contribution in [0.4, 0.5) is 14.5 Å². The van der Waals surface area contributed by atoms with Crippen molar-refractivity contribution in [2.24, 2.45) is 0 Å². The zero-order valence-electron chi connectivity index (χ0n) is 16.1. The fraction of sp³-hybridized carbons (Fsp3) is 0.444. The first-order valence-corrected chi connectivity index (χ1v) is 8.99. The van der Waals surface area contributed by atoms with Crippen LogP contribution >= 0.6 is 12.4 Å². The Balaban J connectivity index is 0.00000300. The van der Waals surface area contributed by atoms with E-state index in [-0.39, 0.29) is 36.4 Å². The molecule has 0 spiro atoms. The number of aromatic nitrogens is 3. The van der Waals surface area contributed by atoms with Crippen LogP contribution in [0.5, 0.6) is 0 Å². The average Bonchev–Trinajstić information content (AvgIpc) is 3.02. The third-order valence-electron chi connectivity index (χ3n) is 4.66. The molecule has 1 aromatic carbocycles. The number of hydrogen-bond acceptors (Lipinski definition) is 5. The smallest absolute Gasteiger partial charge is 0.276 e. The van der Waals surface area contributed by atoms with E-state index >= 15 is 0 Å². The Hall–Kier alpha value is -2.59. The largest absolute Gasteiger partial charge is 0.331 e. The van der Waals surface area contributed by atoms with Gasteiger partial charge in [-0.25, -0.2) is 13.5 Å². The first-order valence-electron chi connectivity index (χ1n) is 8.99. The zero-order chi connectivity index (χ0) is 20.3. The Labute approximate surface area is 173 Å². The predicted octanol–water partition coefficient (Wildman–Crippen LogP) is 1.92. The SMILES string of the molecule is Cc1c(C(=O)N(C)CC(=O)Nc2cc(F)cc(F)c2)nnn1C1CCNCC1.Cl. The summed E-state index contributed by atoms with van der Waals surface area (Å²) in [4.78, 5) is 26.0. The summed E-state index contributed by atoms with van der Waals surface area (Å²) in [6.45, 7) is 3.25. The average molecular weight is 429 g/mol. The molecule has 3 rings (SSSR count). The molecule has 1 aromatic heterocycles. The van der Waals surface area contributed by atoms with Crippen molar-refractivity contribution in [2.75, 3.05) is 32.0 Å². The van der Waals surface area contributed by atoms with E-state index in [1.54, 1.807) is 11.6 Å². The molecule has 158 valence electrons. The topological polar surface area (TPSA) is 92.2 Å². The number of likely N-dealkylation sites (N-methyl/N-ethyl adjacent to an activating group) is 1. The maximum absolute atomic E-state index is 13.2. The quantitative estimate of drug-likeness (QED) is 0.759. The lowest BCUT2D eigenvalue weighted by atomic mass is 10.1. The number of carbonyl (C=O) groups excluding carboxylic acids is 2. The van der Waals surface area contributed by atoms with Gasteiger partial charge in [0.25, 0.3) is 5.91 Å². The minimum Gasteiger partial charge on any atom is -0.331 e. The Morgan fingerprint density at radius 1 is 1.24 bits per heavy atom. The number of nitrogens with zero attached hydrogens (tertiary/aromatic N) is 4. The van der Waals surface area contributed by atoms with Gasteiger partial charge in [0.15, 0.2) is 5.69 Å². The number of rotatable bonds is 5. The van der Waals surface area contributed by atoms with Gasteiger partial charge in [-0.05, 0) is 45.0 Å². The molecule has 1 aliphatic heterocycles. The molecule has 0 aliphatic carbocycles. The molecule has 0 saturated carbocycles. The molecule has 2 heterocycles. The molecule has 1 fully saturated rings. The monoisotopic (exact) mass is 428 g/mol. The summed E-state index contributed by atoms with van der Waals surface area (Å²) in [5, 5.41) is 13.8. The Bertz CT molecular complexity index is 865. The van der Waals surface area contributed by atoms with Gasteiger partial charge in [0.1, 0.15) is 11.6 Å². The van der Waals surface area contributed by atoms with Crippen LogP contribution in [0.15, 0.2) is 18.2 Å². The highest BCUT2D eigenvalue weighted by Crippen LogP contribution is 2.21. The third kappa shape index (κ3) is 5.48. The van der Waals surface area contributed by atoms with Crippen molar-refractivity contribution in [1.29, 1.82) is 0 Å².